The summed E-state index contributed by atoms with van der Waals surface area (Å²) in [5, 5.41) is 9.43. The van der Waals surface area contributed by atoms with Crippen LogP contribution in [0, 0.1) is 20.8 Å². The molecule has 126 valence electrons. The van der Waals surface area contributed by atoms with Crippen molar-refractivity contribution in [2.24, 2.45) is 0 Å². The molecule has 0 radical (unpaired) electrons. The molecule has 1 aromatic carbocycles. The largest absolute Gasteiger partial charge is 0.252 e. The zero-order valence-electron chi connectivity index (χ0n) is 13.5. The quantitative estimate of drug-likeness (QED) is 0.750. The number of nitrogens with one attached hydrogen (secondary N) is 1. The predicted octanol–water partition coefficient (Wildman–Crippen LogP) is 2.13. The van der Waals surface area contributed by atoms with Gasteiger partial charge in [-0.15, -0.1) is 11.3 Å². The van der Waals surface area contributed by atoms with Crippen molar-refractivity contribution in [1.82, 2.24) is 24.7 Å². The van der Waals surface area contributed by atoms with Crippen LogP contribution in [0.5, 0.6) is 0 Å². The molecule has 0 saturated heterocycles. The first-order valence-corrected chi connectivity index (χ1v) is 9.59. The van der Waals surface area contributed by atoms with Gasteiger partial charge < -0.3 is 0 Å². The van der Waals surface area contributed by atoms with Crippen molar-refractivity contribution >= 4 is 21.4 Å². The van der Waals surface area contributed by atoms with Gasteiger partial charge in [-0.05, 0) is 32.9 Å². The van der Waals surface area contributed by atoms with Crippen LogP contribution in [0.2, 0.25) is 0 Å². The van der Waals surface area contributed by atoms with E-state index < -0.39 is 10.0 Å². The van der Waals surface area contributed by atoms with Gasteiger partial charge in [-0.1, -0.05) is 18.2 Å². The number of aryl methyl sites for hydroxylation is 3. The number of benzene rings is 1. The van der Waals surface area contributed by atoms with E-state index >= 15 is 0 Å². The second kappa shape index (κ2) is 6.42. The third-order valence-corrected chi connectivity index (χ3v) is 6.48. The summed E-state index contributed by atoms with van der Waals surface area (Å²) in [6, 6.07) is 9.47. The fourth-order valence-electron chi connectivity index (χ4n) is 2.24. The lowest BCUT2D eigenvalue weighted by atomic mass is 10.3. The summed E-state index contributed by atoms with van der Waals surface area (Å²) in [6.07, 6.45) is 0. The van der Waals surface area contributed by atoms with Gasteiger partial charge in [0.25, 0.3) is 10.0 Å². The van der Waals surface area contributed by atoms with Crippen molar-refractivity contribution in [3.63, 3.8) is 0 Å². The monoisotopic (exact) mass is 363 g/mol. The van der Waals surface area contributed by atoms with Gasteiger partial charge in [-0.25, -0.2) is 18.1 Å². The second-order valence-corrected chi connectivity index (χ2v) is 8.45. The Morgan fingerprint density at radius 2 is 1.79 bits per heavy atom. The standard InChI is InChI=1S/C15H17N5O2S2/c1-10-14(19-20(18-10)13-7-5-4-6-8-13)9-16-24(21,22)15-11(2)17-12(3)23-15/h4-8,16H,9H2,1-3H3. The van der Waals surface area contributed by atoms with Gasteiger partial charge in [-0.3, -0.25) is 0 Å². The van der Waals surface area contributed by atoms with E-state index in [9.17, 15) is 8.42 Å². The molecule has 0 aliphatic heterocycles. The molecule has 9 heteroatoms. The molecule has 2 aromatic heterocycles. The minimum Gasteiger partial charge on any atom is -0.245 e. The van der Waals surface area contributed by atoms with Crippen LogP contribution in [0.1, 0.15) is 22.1 Å². The van der Waals surface area contributed by atoms with E-state index in [1.54, 1.807) is 20.8 Å². The van der Waals surface area contributed by atoms with Gasteiger partial charge in [0.15, 0.2) is 4.21 Å². The first kappa shape index (κ1) is 16.7. The molecule has 0 unspecified atom stereocenters. The highest BCUT2D eigenvalue weighted by molar-refractivity contribution is 7.91. The highest BCUT2D eigenvalue weighted by Crippen LogP contribution is 2.22. The second-order valence-electron chi connectivity index (χ2n) is 5.29. The number of rotatable bonds is 5. The lowest BCUT2D eigenvalue weighted by Gasteiger charge is -2.03. The van der Waals surface area contributed by atoms with Gasteiger partial charge in [-0.2, -0.15) is 15.0 Å². The molecule has 2 heterocycles. The fourth-order valence-corrected chi connectivity index (χ4v) is 4.75. The molecule has 24 heavy (non-hydrogen) atoms. The molecule has 1 N–H and O–H groups in total. The number of aromatic nitrogens is 4. The van der Waals surface area contributed by atoms with Crippen molar-refractivity contribution in [1.29, 1.82) is 0 Å². The van der Waals surface area contributed by atoms with E-state index in [0.29, 0.717) is 17.1 Å². The summed E-state index contributed by atoms with van der Waals surface area (Å²) in [7, 11) is -3.61. The molecule has 3 rings (SSSR count). The van der Waals surface area contributed by atoms with Crippen LogP contribution < -0.4 is 4.72 Å². The first-order chi connectivity index (χ1) is 11.4. The van der Waals surface area contributed by atoms with E-state index in [1.165, 1.54) is 4.80 Å². The molecule has 0 spiro atoms. The molecule has 0 saturated carbocycles. The van der Waals surface area contributed by atoms with E-state index in [1.807, 2.05) is 30.3 Å². The smallest absolute Gasteiger partial charge is 0.245 e. The average molecular weight is 363 g/mol. The van der Waals surface area contributed by atoms with Crippen molar-refractivity contribution < 1.29 is 8.42 Å². The molecule has 0 aliphatic carbocycles. The lowest BCUT2D eigenvalue weighted by Crippen LogP contribution is -2.23. The van der Waals surface area contributed by atoms with E-state index in [2.05, 4.69) is 19.9 Å². The van der Waals surface area contributed by atoms with E-state index in [-0.39, 0.29) is 10.8 Å². The fraction of sp³-hybridized carbons (Fsp3) is 0.267. The van der Waals surface area contributed by atoms with Crippen LogP contribution in [0.4, 0.5) is 0 Å². The highest BCUT2D eigenvalue weighted by atomic mass is 32.2. The van der Waals surface area contributed by atoms with Crippen molar-refractivity contribution in [3.8, 4) is 5.69 Å². The van der Waals surface area contributed by atoms with Crippen LogP contribution in [0.25, 0.3) is 5.69 Å². The topological polar surface area (TPSA) is 89.8 Å². The Morgan fingerprint density at radius 3 is 2.42 bits per heavy atom. The Labute approximate surface area is 144 Å². The molecule has 0 bridgehead atoms. The molecule has 0 aliphatic rings. The zero-order valence-corrected chi connectivity index (χ0v) is 15.1. The summed E-state index contributed by atoms with van der Waals surface area (Å²) in [4.78, 5) is 5.66. The normalized spacial score (nSPS) is 11.8. The Bertz CT molecular complexity index is 961. The average Bonchev–Trinajstić information content (AvgIpc) is 3.09. The Kier molecular flexibility index (Phi) is 4.48. The molecule has 3 aromatic rings. The molecule has 0 amide bonds. The van der Waals surface area contributed by atoms with Gasteiger partial charge in [0.05, 0.1) is 28.6 Å². The zero-order chi connectivity index (χ0) is 17.3. The maximum atomic E-state index is 12.4. The third-order valence-electron chi connectivity index (χ3n) is 3.40. The van der Waals surface area contributed by atoms with E-state index in [4.69, 9.17) is 0 Å². The van der Waals surface area contributed by atoms with Gasteiger partial charge in [0.2, 0.25) is 0 Å². The summed E-state index contributed by atoms with van der Waals surface area (Å²) in [6.45, 7) is 5.36. The molecular formula is C15H17N5O2S2. The number of hydrogen-bond donors (Lipinski definition) is 1. The summed E-state index contributed by atoms with van der Waals surface area (Å²) in [5.41, 5.74) is 2.60. The van der Waals surface area contributed by atoms with E-state index in [0.717, 1.165) is 22.0 Å². The maximum Gasteiger partial charge on any atom is 0.252 e. The molecular weight excluding hydrogens is 346 g/mol. The summed E-state index contributed by atoms with van der Waals surface area (Å²) in [5.74, 6) is 0. The molecule has 0 fully saturated rings. The Balaban J connectivity index is 1.80. The van der Waals surface area contributed by atoms with Crippen molar-refractivity contribution in [2.45, 2.75) is 31.5 Å². The van der Waals surface area contributed by atoms with Crippen LogP contribution in [-0.2, 0) is 16.6 Å². The van der Waals surface area contributed by atoms with Crippen LogP contribution >= 0.6 is 11.3 Å². The van der Waals surface area contributed by atoms with Gasteiger partial charge in [0, 0.05) is 0 Å². The minimum absolute atomic E-state index is 0.0807. The lowest BCUT2D eigenvalue weighted by molar-refractivity contribution is 0.581. The number of para-hydroxylation sites is 1. The predicted molar refractivity (Wildman–Crippen MR) is 91.7 cm³/mol. The Hall–Kier alpha value is -2.10. The molecule has 0 atom stereocenters. The number of thiazole rings is 1. The third kappa shape index (κ3) is 3.37. The van der Waals surface area contributed by atoms with Crippen LogP contribution in [0.15, 0.2) is 34.5 Å². The SMILES string of the molecule is Cc1nc(C)c(S(=O)(=O)NCc2nn(-c3ccccc3)nc2C)s1. The van der Waals surface area contributed by atoms with Crippen molar-refractivity contribution in [2.75, 3.05) is 0 Å². The van der Waals surface area contributed by atoms with Crippen LogP contribution in [-0.4, -0.2) is 28.4 Å². The first-order valence-electron chi connectivity index (χ1n) is 7.29. The maximum absolute atomic E-state index is 12.4. The number of hydrogen-bond acceptors (Lipinski definition) is 6. The van der Waals surface area contributed by atoms with Gasteiger partial charge in [0.1, 0.15) is 5.69 Å². The Morgan fingerprint density at radius 1 is 1.08 bits per heavy atom. The minimum atomic E-state index is -3.61. The molecule has 7 nitrogen and oxygen atoms in total. The summed E-state index contributed by atoms with van der Waals surface area (Å²) >= 11 is 1.16. The van der Waals surface area contributed by atoms with Crippen LogP contribution in [0.3, 0.4) is 0 Å². The van der Waals surface area contributed by atoms with Gasteiger partial charge >= 0.3 is 0 Å². The van der Waals surface area contributed by atoms with Crippen molar-refractivity contribution in [3.05, 3.63) is 52.4 Å². The number of nitrogens with zero attached hydrogens (tertiary/aromatic N) is 4. The number of sulfonamides is 1. The summed E-state index contributed by atoms with van der Waals surface area (Å²) < 4.78 is 27.7. The highest BCUT2D eigenvalue weighted by Gasteiger charge is 2.21.